The van der Waals surface area contributed by atoms with E-state index in [0.717, 1.165) is 19.6 Å². The summed E-state index contributed by atoms with van der Waals surface area (Å²) in [5.41, 5.74) is 0. The molecule has 0 aromatic rings. The third-order valence-electron chi connectivity index (χ3n) is 3.27. The van der Waals surface area contributed by atoms with Gasteiger partial charge >= 0.3 is 0 Å². The van der Waals surface area contributed by atoms with E-state index in [1.807, 2.05) is 0 Å². The summed E-state index contributed by atoms with van der Waals surface area (Å²) >= 11 is 0. The second-order valence-electron chi connectivity index (χ2n) is 4.20. The highest BCUT2D eigenvalue weighted by atomic mass is 16.7. The molecule has 0 aromatic carbocycles. The second-order valence-corrected chi connectivity index (χ2v) is 4.20. The van der Waals surface area contributed by atoms with Gasteiger partial charge < -0.3 is 14.2 Å². The first-order chi connectivity index (χ1) is 6.45. The first-order valence-corrected chi connectivity index (χ1v) is 5.34. The Morgan fingerprint density at radius 2 is 1.77 bits per heavy atom. The van der Waals surface area contributed by atoms with Crippen LogP contribution in [0.4, 0.5) is 0 Å². The van der Waals surface area contributed by atoms with Crippen molar-refractivity contribution in [2.24, 2.45) is 5.92 Å². The molecule has 3 rings (SSSR count). The molecule has 0 N–H and O–H groups in total. The van der Waals surface area contributed by atoms with Crippen LogP contribution in [-0.4, -0.2) is 31.7 Å². The molecule has 3 atom stereocenters. The Labute approximate surface area is 78.3 Å². The number of fused-ring (bicyclic) bond motifs is 1. The van der Waals surface area contributed by atoms with Crippen molar-refractivity contribution >= 4 is 0 Å². The Balaban J connectivity index is 1.62. The van der Waals surface area contributed by atoms with Crippen LogP contribution in [0.5, 0.6) is 0 Å². The minimum atomic E-state index is 0.0315. The lowest BCUT2D eigenvalue weighted by molar-refractivity contribution is -0.209. The van der Waals surface area contributed by atoms with Gasteiger partial charge in [0.15, 0.2) is 6.29 Å². The van der Waals surface area contributed by atoms with Crippen molar-refractivity contribution in [2.75, 3.05) is 13.2 Å². The van der Waals surface area contributed by atoms with Crippen molar-refractivity contribution in [3.63, 3.8) is 0 Å². The van der Waals surface area contributed by atoms with E-state index in [4.69, 9.17) is 14.2 Å². The highest BCUT2D eigenvalue weighted by molar-refractivity contribution is 4.96. The Morgan fingerprint density at radius 1 is 0.923 bits per heavy atom. The number of rotatable bonds is 1. The quantitative estimate of drug-likeness (QED) is 0.576. The van der Waals surface area contributed by atoms with Crippen LogP contribution in [0.1, 0.15) is 25.7 Å². The zero-order valence-electron chi connectivity index (χ0n) is 7.78. The van der Waals surface area contributed by atoms with Crippen LogP contribution < -0.4 is 0 Å². The summed E-state index contributed by atoms with van der Waals surface area (Å²) < 4.78 is 16.8. The van der Waals surface area contributed by atoms with Crippen LogP contribution in [-0.2, 0) is 14.2 Å². The van der Waals surface area contributed by atoms with Gasteiger partial charge in [-0.2, -0.15) is 0 Å². The van der Waals surface area contributed by atoms with Crippen molar-refractivity contribution in [3.05, 3.63) is 0 Å². The lowest BCUT2D eigenvalue weighted by Crippen LogP contribution is -2.37. The van der Waals surface area contributed by atoms with Crippen LogP contribution in [0.2, 0.25) is 0 Å². The highest BCUT2D eigenvalue weighted by Gasteiger charge is 2.50. The molecule has 0 aromatic heterocycles. The zero-order valence-corrected chi connectivity index (χ0v) is 7.78. The van der Waals surface area contributed by atoms with Gasteiger partial charge in [0.05, 0.1) is 25.4 Å². The van der Waals surface area contributed by atoms with Gasteiger partial charge in [-0.25, -0.2) is 0 Å². The maximum Gasteiger partial charge on any atom is 0.162 e. The molecule has 0 amide bonds. The molecule has 3 fully saturated rings. The molecular formula is C10H16O3. The fraction of sp³-hybridized carbons (Fsp3) is 1.00. The fourth-order valence-electron chi connectivity index (χ4n) is 2.53. The Morgan fingerprint density at radius 3 is 2.62 bits per heavy atom. The molecule has 3 aliphatic rings. The first kappa shape index (κ1) is 8.21. The molecule has 2 aliphatic heterocycles. The molecule has 3 nitrogen and oxygen atoms in total. The molecule has 0 bridgehead atoms. The predicted octanol–water partition coefficient (Wildman–Crippen LogP) is 1.32. The summed E-state index contributed by atoms with van der Waals surface area (Å²) in [5.74, 6) is 0.513. The van der Waals surface area contributed by atoms with Crippen LogP contribution in [0.25, 0.3) is 0 Å². The molecule has 3 unspecified atom stereocenters. The van der Waals surface area contributed by atoms with Crippen LogP contribution >= 0.6 is 0 Å². The summed E-state index contributed by atoms with van der Waals surface area (Å²) in [5, 5.41) is 0. The molecule has 74 valence electrons. The van der Waals surface area contributed by atoms with E-state index in [0.29, 0.717) is 18.1 Å². The van der Waals surface area contributed by atoms with Gasteiger partial charge in [0.2, 0.25) is 0 Å². The smallest absolute Gasteiger partial charge is 0.162 e. The monoisotopic (exact) mass is 184 g/mol. The van der Waals surface area contributed by atoms with E-state index >= 15 is 0 Å². The number of hydrogen-bond acceptors (Lipinski definition) is 3. The summed E-state index contributed by atoms with van der Waals surface area (Å²) in [4.78, 5) is 0. The van der Waals surface area contributed by atoms with E-state index < -0.39 is 0 Å². The van der Waals surface area contributed by atoms with E-state index in [-0.39, 0.29) is 6.29 Å². The van der Waals surface area contributed by atoms with E-state index in [1.54, 1.807) is 0 Å². The normalized spacial score (nSPS) is 45.7. The summed E-state index contributed by atoms with van der Waals surface area (Å²) in [6, 6.07) is 0. The van der Waals surface area contributed by atoms with Gasteiger partial charge in [0, 0.05) is 5.92 Å². The molecule has 2 saturated heterocycles. The van der Waals surface area contributed by atoms with E-state index in [2.05, 4.69) is 0 Å². The van der Waals surface area contributed by atoms with Crippen LogP contribution in [0, 0.1) is 5.92 Å². The average Bonchev–Trinajstić information content (AvgIpc) is 2.97. The largest absolute Gasteiger partial charge is 0.369 e. The number of ether oxygens (including phenoxy) is 3. The van der Waals surface area contributed by atoms with Crippen molar-refractivity contribution in [1.29, 1.82) is 0 Å². The Hall–Kier alpha value is -0.120. The topological polar surface area (TPSA) is 31.0 Å². The number of hydrogen-bond donors (Lipinski definition) is 0. The van der Waals surface area contributed by atoms with Crippen molar-refractivity contribution in [1.82, 2.24) is 0 Å². The number of epoxide rings is 1. The highest BCUT2D eigenvalue weighted by Crippen LogP contribution is 2.43. The SMILES string of the molecule is C1COC(C2CCCC3OC32)OC1. The lowest BCUT2D eigenvalue weighted by Gasteiger charge is -2.31. The maximum atomic E-state index is 5.61. The van der Waals surface area contributed by atoms with Gasteiger partial charge in [0.25, 0.3) is 0 Å². The molecule has 13 heavy (non-hydrogen) atoms. The van der Waals surface area contributed by atoms with Crippen molar-refractivity contribution in [2.45, 2.75) is 44.2 Å². The third kappa shape index (κ3) is 1.49. The fourth-order valence-corrected chi connectivity index (χ4v) is 2.53. The lowest BCUT2D eigenvalue weighted by atomic mass is 9.88. The summed E-state index contributed by atoms with van der Waals surface area (Å²) in [6.07, 6.45) is 5.79. The zero-order chi connectivity index (χ0) is 8.67. The average molecular weight is 184 g/mol. The summed E-state index contributed by atoms with van der Waals surface area (Å²) in [7, 11) is 0. The van der Waals surface area contributed by atoms with Gasteiger partial charge in [-0.15, -0.1) is 0 Å². The molecular weight excluding hydrogens is 168 g/mol. The van der Waals surface area contributed by atoms with E-state index in [1.165, 1.54) is 19.3 Å². The van der Waals surface area contributed by atoms with Gasteiger partial charge in [-0.1, -0.05) is 6.42 Å². The van der Waals surface area contributed by atoms with Gasteiger partial charge in [-0.3, -0.25) is 0 Å². The van der Waals surface area contributed by atoms with E-state index in [9.17, 15) is 0 Å². The molecule has 1 saturated carbocycles. The molecule has 3 heteroatoms. The minimum Gasteiger partial charge on any atom is -0.369 e. The van der Waals surface area contributed by atoms with Crippen molar-refractivity contribution in [3.8, 4) is 0 Å². The minimum absolute atomic E-state index is 0.0315. The molecule has 0 spiro atoms. The first-order valence-electron chi connectivity index (χ1n) is 5.34. The standard InChI is InChI=1S/C10H16O3/c1-3-7(9-8(4-1)13-9)10-11-5-2-6-12-10/h7-10H,1-6H2. The predicted molar refractivity (Wildman–Crippen MR) is 46.3 cm³/mol. The van der Waals surface area contributed by atoms with Crippen LogP contribution in [0.15, 0.2) is 0 Å². The Kier molecular flexibility index (Phi) is 2.04. The van der Waals surface area contributed by atoms with Crippen molar-refractivity contribution < 1.29 is 14.2 Å². The second kappa shape index (κ2) is 3.23. The third-order valence-corrected chi connectivity index (χ3v) is 3.27. The molecule has 2 heterocycles. The van der Waals surface area contributed by atoms with Crippen LogP contribution in [0.3, 0.4) is 0 Å². The molecule has 0 radical (unpaired) electrons. The molecule has 1 aliphatic carbocycles. The Bertz CT molecular complexity index is 189. The maximum absolute atomic E-state index is 5.61. The summed E-state index contributed by atoms with van der Waals surface area (Å²) in [6.45, 7) is 1.72. The van der Waals surface area contributed by atoms with Gasteiger partial charge in [0.1, 0.15) is 0 Å². The van der Waals surface area contributed by atoms with Gasteiger partial charge in [-0.05, 0) is 19.3 Å².